The third-order valence-electron chi connectivity index (χ3n) is 5.57. The van der Waals surface area contributed by atoms with E-state index < -0.39 is 0 Å². The highest BCUT2D eigenvalue weighted by Crippen LogP contribution is 2.34. The number of benzene rings is 1. The van der Waals surface area contributed by atoms with Crippen LogP contribution in [0.5, 0.6) is 5.75 Å². The Morgan fingerprint density at radius 2 is 2.00 bits per heavy atom. The van der Waals surface area contributed by atoms with Crippen LogP contribution in [0.1, 0.15) is 49.2 Å². The first kappa shape index (κ1) is 24.1. The maximum absolute atomic E-state index is 13.4. The molecule has 0 saturated heterocycles. The molecular weight excluding hydrogens is 422 g/mol. The van der Waals surface area contributed by atoms with Crippen molar-refractivity contribution in [3.05, 3.63) is 51.7 Å². The summed E-state index contributed by atoms with van der Waals surface area (Å²) in [6.45, 7) is 10.4. The Labute approximate surface area is 195 Å². The van der Waals surface area contributed by atoms with Gasteiger partial charge in [0.05, 0.1) is 6.04 Å². The molecular formula is C25H35N3O3S. The van der Waals surface area contributed by atoms with Crippen molar-refractivity contribution in [2.75, 3.05) is 32.8 Å². The molecule has 1 aromatic heterocycles. The van der Waals surface area contributed by atoms with Crippen LogP contribution in [0.25, 0.3) is 0 Å². The van der Waals surface area contributed by atoms with Crippen LogP contribution >= 0.6 is 11.3 Å². The van der Waals surface area contributed by atoms with E-state index in [2.05, 4.69) is 30.6 Å². The number of ether oxygens (including phenoxy) is 1. The normalized spacial score (nSPS) is 15.4. The highest BCUT2D eigenvalue weighted by Gasteiger charge is 2.33. The van der Waals surface area contributed by atoms with E-state index in [1.807, 2.05) is 43.0 Å². The molecule has 3 amide bonds. The number of fused-ring (bicyclic) bond motifs is 1. The van der Waals surface area contributed by atoms with Crippen molar-refractivity contribution < 1.29 is 14.3 Å². The summed E-state index contributed by atoms with van der Waals surface area (Å²) in [6, 6.07) is 9.74. The molecule has 0 saturated carbocycles. The van der Waals surface area contributed by atoms with E-state index in [0.29, 0.717) is 26.2 Å². The number of carbonyl (C=O) groups is 2. The van der Waals surface area contributed by atoms with Crippen molar-refractivity contribution >= 4 is 23.3 Å². The second-order valence-corrected chi connectivity index (χ2v) is 9.78. The van der Waals surface area contributed by atoms with Crippen molar-refractivity contribution in [3.63, 3.8) is 0 Å². The lowest BCUT2D eigenvalue weighted by molar-refractivity contribution is -0.135. The standard InChI is InChI=1S/C25H35N3O3S/c1-5-12-26-25(30)27(15-18(2)3)16-24(29)28-13-10-23-21(11-14-32-23)22(28)17-31-20-8-6-19(4)7-9-20/h6-9,11,14,18,22H,5,10,12-13,15-17H2,1-4H3,(H,26,30)/t22-/m1/s1. The summed E-state index contributed by atoms with van der Waals surface area (Å²) in [5, 5.41) is 5.00. The average Bonchev–Trinajstić information content (AvgIpc) is 3.25. The molecule has 0 spiro atoms. The second kappa shape index (κ2) is 11.4. The van der Waals surface area contributed by atoms with Gasteiger partial charge < -0.3 is 19.9 Å². The van der Waals surface area contributed by atoms with Crippen molar-refractivity contribution in [1.82, 2.24) is 15.1 Å². The van der Waals surface area contributed by atoms with E-state index in [1.54, 1.807) is 16.2 Å². The van der Waals surface area contributed by atoms with Crippen molar-refractivity contribution in [2.24, 2.45) is 5.92 Å². The summed E-state index contributed by atoms with van der Waals surface area (Å²) < 4.78 is 6.10. The summed E-state index contributed by atoms with van der Waals surface area (Å²) >= 11 is 1.73. The number of nitrogens with one attached hydrogen (secondary N) is 1. The predicted octanol–water partition coefficient (Wildman–Crippen LogP) is 4.64. The van der Waals surface area contributed by atoms with E-state index in [-0.39, 0.29) is 30.4 Å². The third-order valence-corrected chi connectivity index (χ3v) is 6.57. The summed E-state index contributed by atoms with van der Waals surface area (Å²) in [7, 11) is 0. The lowest BCUT2D eigenvalue weighted by Gasteiger charge is -2.37. The van der Waals surface area contributed by atoms with Gasteiger partial charge in [-0.05, 0) is 54.8 Å². The highest BCUT2D eigenvalue weighted by molar-refractivity contribution is 7.10. The maximum Gasteiger partial charge on any atom is 0.317 e. The third kappa shape index (κ3) is 6.25. The molecule has 2 aromatic rings. The molecule has 6 nitrogen and oxygen atoms in total. The van der Waals surface area contributed by atoms with Gasteiger partial charge >= 0.3 is 6.03 Å². The van der Waals surface area contributed by atoms with Crippen LogP contribution in [0.4, 0.5) is 4.79 Å². The Bertz CT molecular complexity index is 894. The number of hydrogen-bond acceptors (Lipinski definition) is 4. The SMILES string of the molecule is CCCNC(=O)N(CC(=O)N1CCc2sccc2[C@H]1COc1ccc(C)cc1)CC(C)C. The van der Waals surface area contributed by atoms with E-state index >= 15 is 0 Å². The minimum Gasteiger partial charge on any atom is -0.491 e. The number of amides is 3. The lowest BCUT2D eigenvalue weighted by atomic mass is 10.0. The van der Waals surface area contributed by atoms with Gasteiger partial charge in [-0.3, -0.25) is 4.79 Å². The zero-order valence-electron chi connectivity index (χ0n) is 19.6. The topological polar surface area (TPSA) is 61.9 Å². The first-order chi connectivity index (χ1) is 15.4. The summed E-state index contributed by atoms with van der Waals surface area (Å²) in [6.07, 6.45) is 1.70. The number of thiophene rings is 1. The minimum absolute atomic E-state index is 0.0355. The van der Waals surface area contributed by atoms with E-state index in [4.69, 9.17) is 4.74 Å². The van der Waals surface area contributed by atoms with Gasteiger partial charge in [-0.1, -0.05) is 38.5 Å². The van der Waals surface area contributed by atoms with Crippen LogP contribution in [0.2, 0.25) is 0 Å². The molecule has 174 valence electrons. The first-order valence-electron chi connectivity index (χ1n) is 11.5. The molecule has 1 aliphatic rings. The molecule has 7 heteroatoms. The molecule has 1 aromatic carbocycles. The molecule has 1 aliphatic heterocycles. The summed E-state index contributed by atoms with van der Waals surface area (Å²) in [4.78, 5) is 30.9. The molecule has 1 atom stereocenters. The zero-order chi connectivity index (χ0) is 23.1. The van der Waals surface area contributed by atoms with E-state index in [9.17, 15) is 9.59 Å². The minimum atomic E-state index is -0.172. The zero-order valence-corrected chi connectivity index (χ0v) is 20.4. The van der Waals surface area contributed by atoms with Crippen LogP contribution in [0.15, 0.2) is 35.7 Å². The van der Waals surface area contributed by atoms with Crippen LogP contribution in [0, 0.1) is 12.8 Å². The predicted molar refractivity (Wildman–Crippen MR) is 129 cm³/mol. The Morgan fingerprint density at radius 1 is 1.25 bits per heavy atom. The number of nitrogens with zero attached hydrogens (tertiary/aromatic N) is 2. The number of aryl methyl sites for hydroxylation is 1. The van der Waals surface area contributed by atoms with Crippen LogP contribution in [-0.2, 0) is 11.2 Å². The van der Waals surface area contributed by atoms with Gasteiger partial charge in [0.15, 0.2) is 0 Å². The van der Waals surface area contributed by atoms with E-state index in [0.717, 1.165) is 24.2 Å². The molecule has 0 radical (unpaired) electrons. The molecule has 0 fully saturated rings. The van der Waals surface area contributed by atoms with Gasteiger partial charge in [0.2, 0.25) is 5.91 Å². The van der Waals surface area contributed by atoms with Gasteiger partial charge in [0.25, 0.3) is 0 Å². The van der Waals surface area contributed by atoms with Crippen molar-refractivity contribution in [2.45, 2.75) is 46.6 Å². The van der Waals surface area contributed by atoms with Crippen molar-refractivity contribution in [3.8, 4) is 5.75 Å². The molecule has 2 heterocycles. The molecule has 32 heavy (non-hydrogen) atoms. The number of urea groups is 1. The first-order valence-corrected chi connectivity index (χ1v) is 12.3. The molecule has 0 bridgehead atoms. The molecule has 0 aliphatic carbocycles. The summed E-state index contributed by atoms with van der Waals surface area (Å²) in [5.41, 5.74) is 2.34. The molecule has 3 rings (SSSR count). The number of hydrogen-bond donors (Lipinski definition) is 1. The van der Waals surface area contributed by atoms with Crippen molar-refractivity contribution in [1.29, 1.82) is 0 Å². The summed E-state index contributed by atoms with van der Waals surface area (Å²) in [5.74, 6) is 1.04. The Hall–Kier alpha value is -2.54. The van der Waals surface area contributed by atoms with Crippen LogP contribution in [-0.4, -0.2) is 54.5 Å². The van der Waals surface area contributed by atoms with Gasteiger partial charge in [-0.15, -0.1) is 11.3 Å². The lowest BCUT2D eigenvalue weighted by Crippen LogP contribution is -2.50. The maximum atomic E-state index is 13.4. The largest absolute Gasteiger partial charge is 0.491 e. The van der Waals surface area contributed by atoms with Gasteiger partial charge in [0, 0.05) is 24.5 Å². The number of rotatable bonds is 9. The molecule has 0 unspecified atom stereocenters. The monoisotopic (exact) mass is 457 g/mol. The van der Waals surface area contributed by atoms with Gasteiger partial charge in [0.1, 0.15) is 18.9 Å². The second-order valence-electron chi connectivity index (χ2n) is 8.78. The van der Waals surface area contributed by atoms with Crippen LogP contribution in [0.3, 0.4) is 0 Å². The number of carbonyl (C=O) groups excluding carboxylic acids is 2. The fourth-order valence-electron chi connectivity index (χ4n) is 3.94. The van der Waals surface area contributed by atoms with E-state index in [1.165, 1.54) is 10.4 Å². The molecule has 1 N–H and O–H groups in total. The van der Waals surface area contributed by atoms with Gasteiger partial charge in [-0.2, -0.15) is 0 Å². The fourth-order valence-corrected chi connectivity index (χ4v) is 4.87. The van der Waals surface area contributed by atoms with Crippen LogP contribution < -0.4 is 10.1 Å². The average molecular weight is 458 g/mol. The Morgan fingerprint density at radius 3 is 2.69 bits per heavy atom. The fraction of sp³-hybridized carbons (Fsp3) is 0.520. The quantitative estimate of drug-likeness (QED) is 0.597. The Kier molecular flexibility index (Phi) is 8.56. The Balaban J connectivity index is 1.74. The highest BCUT2D eigenvalue weighted by atomic mass is 32.1. The smallest absolute Gasteiger partial charge is 0.317 e. The van der Waals surface area contributed by atoms with Gasteiger partial charge in [-0.25, -0.2) is 4.79 Å².